The highest BCUT2D eigenvalue weighted by atomic mass is 32.2. The highest BCUT2D eigenvalue weighted by Crippen LogP contribution is 2.24. The Morgan fingerprint density at radius 1 is 1.00 bits per heavy atom. The Hall–Kier alpha value is -1.32. The van der Waals surface area contributed by atoms with Crippen molar-refractivity contribution in [2.45, 2.75) is 43.5 Å². The summed E-state index contributed by atoms with van der Waals surface area (Å²) < 4.78 is 12.9. The molecule has 1 N–H and O–H groups in total. The Bertz CT molecular complexity index is 573. The Morgan fingerprint density at radius 3 is 2.38 bits per heavy atom. The van der Waals surface area contributed by atoms with Gasteiger partial charge < -0.3 is 5.32 Å². The fourth-order valence-corrected chi connectivity index (χ4v) is 2.80. The van der Waals surface area contributed by atoms with E-state index in [2.05, 4.69) is 50.4 Å². The molecule has 1 nitrogen and oxygen atoms in total. The largest absolute Gasteiger partial charge is 0.308 e. The van der Waals surface area contributed by atoms with E-state index >= 15 is 0 Å². The van der Waals surface area contributed by atoms with Crippen LogP contribution in [-0.2, 0) is 12.3 Å². The normalized spacial score (nSPS) is 11.6. The molecule has 0 spiro atoms. The van der Waals surface area contributed by atoms with Gasteiger partial charge in [-0.3, -0.25) is 0 Å². The van der Waals surface area contributed by atoms with Crippen LogP contribution >= 0.6 is 11.8 Å². The average Bonchev–Trinajstić information content (AvgIpc) is 2.44. The summed E-state index contributed by atoms with van der Waals surface area (Å²) in [4.78, 5) is 1.24. The van der Waals surface area contributed by atoms with Gasteiger partial charge in [0.25, 0.3) is 0 Å². The van der Waals surface area contributed by atoms with Gasteiger partial charge in [0.2, 0.25) is 0 Å². The maximum absolute atomic E-state index is 12.9. The zero-order valence-electron chi connectivity index (χ0n) is 12.8. The van der Waals surface area contributed by atoms with E-state index in [1.165, 1.54) is 22.6 Å². The second-order valence-corrected chi connectivity index (χ2v) is 7.21. The van der Waals surface area contributed by atoms with Crippen molar-refractivity contribution in [2.75, 3.05) is 0 Å². The highest BCUT2D eigenvalue weighted by molar-refractivity contribution is 7.98. The molecule has 0 aliphatic rings. The van der Waals surface area contributed by atoms with Gasteiger partial charge in [-0.2, -0.15) is 0 Å². The maximum Gasteiger partial charge on any atom is 0.123 e. The number of halogens is 1. The number of benzene rings is 2. The fourth-order valence-electron chi connectivity index (χ4n) is 1.86. The van der Waals surface area contributed by atoms with Gasteiger partial charge in [0.15, 0.2) is 0 Å². The molecule has 0 amide bonds. The predicted molar refractivity (Wildman–Crippen MR) is 89.0 cm³/mol. The first-order valence-corrected chi connectivity index (χ1v) is 8.12. The third-order valence-electron chi connectivity index (χ3n) is 3.04. The zero-order chi connectivity index (χ0) is 15.3. The molecule has 0 saturated carbocycles. The van der Waals surface area contributed by atoms with Crippen LogP contribution in [0.2, 0.25) is 0 Å². The van der Waals surface area contributed by atoms with Gasteiger partial charge >= 0.3 is 0 Å². The third kappa shape index (κ3) is 5.90. The van der Waals surface area contributed by atoms with E-state index in [0.29, 0.717) is 0 Å². The molecule has 0 aliphatic heterocycles. The molecule has 2 rings (SSSR count). The SMILES string of the molecule is CC(C)(C)NCc1cccc(SCc2ccc(F)cc2)c1. The van der Waals surface area contributed by atoms with Crippen molar-refractivity contribution in [2.24, 2.45) is 0 Å². The molecular weight excluding hydrogens is 281 g/mol. The van der Waals surface area contributed by atoms with Gasteiger partial charge in [0.05, 0.1) is 0 Å². The summed E-state index contributed by atoms with van der Waals surface area (Å²) in [6.07, 6.45) is 0. The number of rotatable bonds is 5. The van der Waals surface area contributed by atoms with Crippen LogP contribution in [0.1, 0.15) is 31.9 Å². The summed E-state index contributed by atoms with van der Waals surface area (Å²) >= 11 is 1.78. The molecule has 0 aromatic heterocycles. The quantitative estimate of drug-likeness (QED) is 0.780. The second-order valence-electron chi connectivity index (χ2n) is 6.17. The molecule has 2 aromatic carbocycles. The average molecular weight is 303 g/mol. The minimum Gasteiger partial charge on any atom is -0.308 e. The minimum atomic E-state index is -0.181. The van der Waals surface area contributed by atoms with Crippen LogP contribution < -0.4 is 5.32 Å². The topological polar surface area (TPSA) is 12.0 Å². The molecule has 0 atom stereocenters. The van der Waals surface area contributed by atoms with Gasteiger partial charge in [-0.15, -0.1) is 11.8 Å². The zero-order valence-corrected chi connectivity index (χ0v) is 13.6. The summed E-state index contributed by atoms with van der Waals surface area (Å²) in [5, 5.41) is 3.49. The van der Waals surface area contributed by atoms with Crippen molar-refractivity contribution in [1.29, 1.82) is 0 Å². The van der Waals surface area contributed by atoms with Crippen LogP contribution in [0.4, 0.5) is 4.39 Å². The molecule has 0 bridgehead atoms. The van der Waals surface area contributed by atoms with Crippen LogP contribution in [0.25, 0.3) is 0 Å². The lowest BCUT2D eigenvalue weighted by atomic mass is 10.1. The van der Waals surface area contributed by atoms with Gasteiger partial charge in [-0.05, 0) is 56.2 Å². The molecule has 0 radical (unpaired) electrons. The molecule has 2 aromatic rings. The third-order valence-corrected chi connectivity index (χ3v) is 4.10. The van der Waals surface area contributed by atoms with E-state index in [0.717, 1.165) is 17.9 Å². The van der Waals surface area contributed by atoms with E-state index < -0.39 is 0 Å². The summed E-state index contributed by atoms with van der Waals surface area (Å²) in [6.45, 7) is 7.37. The lowest BCUT2D eigenvalue weighted by Gasteiger charge is -2.20. The van der Waals surface area contributed by atoms with Crippen molar-refractivity contribution in [3.63, 3.8) is 0 Å². The number of thioether (sulfide) groups is 1. The van der Waals surface area contributed by atoms with E-state index in [-0.39, 0.29) is 11.4 Å². The predicted octanol–water partition coefficient (Wildman–Crippen LogP) is 5.01. The molecule has 0 aliphatic carbocycles. The number of hydrogen-bond donors (Lipinski definition) is 1. The summed E-state index contributed by atoms with van der Waals surface area (Å²) in [7, 11) is 0. The van der Waals surface area contributed by atoms with Crippen LogP contribution in [-0.4, -0.2) is 5.54 Å². The smallest absolute Gasteiger partial charge is 0.123 e. The molecule has 0 fully saturated rings. The van der Waals surface area contributed by atoms with Gasteiger partial charge in [-0.25, -0.2) is 4.39 Å². The molecule has 112 valence electrons. The minimum absolute atomic E-state index is 0.122. The molecule has 0 unspecified atom stereocenters. The summed E-state index contributed by atoms with van der Waals surface area (Å²) in [5.74, 6) is 0.676. The summed E-state index contributed by atoms with van der Waals surface area (Å²) in [6, 6.07) is 15.3. The first kappa shape index (κ1) is 16.1. The number of nitrogens with one attached hydrogen (secondary N) is 1. The molecule has 3 heteroatoms. The van der Waals surface area contributed by atoms with E-state index in [4.69, 9.17) is 0 Å². The Kier molecular flexibility index (Phi) is 5.43. The van der Waals surface area contributed by atoms with Crippen molar-refractivity contribution >= 4 is 11.8 Å². The Morgan fingerprint density at radius 2 is 1.71 bits per heavy atom. The molecule has 0 saturated heterocycles. The van der Waals surface area contributed by atoms with Crippen LogP contribution in [0, 0.1) is 5.82 Å². The monoisotopic (exact) mass is 303 g/mol. The lowest BCUT2D eigenvalue weighted by molar-refractivity contribution is 0.424. The van der Waals surface area contributed by atoms with Crippen LogP contribution in [0.15, 0.2) is 53.4 Å². The molecular formula is C18H22FNS. The molecule has 0 heterocycles. The second kappa shape index (κ2) is 7.10. The summed E-state index contributed by atoms with van der Waals surface area (Å²) in [5.41, 5.74) is 2.55. The lowest BCUT2D eigenvalue weighted by Crippen LogP contribution is -2.35. The maximum atomic E-state index is 12.9. The Labute approximate surface area is 131 Å². The van der Waals surface area contributed by atoms with Crippen molar-refractivity contribution in [1.82, 2.24) is 5.32 Å². The number of hydrogen-bond acceptors (Lipinski definition) is 2. The standard InChI is InChI=1S/C18H22FNS/c1-18(2,3)20-12-15-5-4-6-17(11-15)21-13-14-7-9-16(19)10-8-14/h4-11,20H,12-13H2,1-3H3. The highest BCUT2D eigenvalue weighted by Gasteiger charge is 2.08. The van der Waals surface area contributed by atoms with E-state index in [1.54, 1.807) is 11.8 Å². The first-order chi connectivity index (χ1) is 9.92. The van der Waals surface area contributed by atoms with E-state index in [1.807, 2.05) is 12.1 Å². The first-order valence-electron chi connectivity index (χ1n) is 7.14. The van der Waals surface area contributed by atoms with Crippen molar-refractivity contribution in [3.8, 4) is 0 Å². The van der Waals surface area contributed by atoms with Crippen molar-refractivity contribution < 1.29 is 4.39 Å². The Balaban J connectivity index is 1.93. The fraction of sp³-hybridized carbons (Fsp3) is 0.333. The van der Waals surface area contributed by atoms with Crippen LogP contribution in [0.5, 0.6) is 0 Å². The van der Waals surface area contributed by atoms with Crippen molar-refractivity contribution in [3.05, 3.63) is 65.5 Å². The van der Waals surface area contributed by atoms with Crippen LogP contribution in [0.3, 0.4) is 0 Å². The van der Waals surface area contributed by atoms with Gasteiger partial charge in [-0.1, -0.05) is 24.3 Å². The van der Waals surface area contributed by atoms with E-state index in [9.17, 15) is 4.39 Å². The van der Waals surface area contributed by atoms with Gasteiger partial charge in [0, 0.05) is 22.7 Å². The molecule has 21 heavy (non-hydrogen) atoms. The van der Waals surface area contributed by atoms with Gasteiger partial charge in [0.1, 0.15) is 5.82 Å².